The average Bonchev–Trinajstić information content (AvgIpc) is 2.37. The fourth-order valence-corrected chi connectivity index (χ4v) is 1.92. The van der Waals surface area contributed by atoms with Gasteiger partial charge in [-0.05, 0) is 31.0 Å². The number of hydrogen-bond donors (Lipinski definition) is 2. The molecule has 1 aromatic rings. The van der Waals surface area contributed by atoms with Crippen LogP contribution in [0.1, 0.15) is 18.1 Å². The first-order valence-electron chi connectivity index (χ1n) is 5.76. The van der Waals surface area contributed by atoms with E-state index in [0.717, 1.165) is 11.8 Å². The van der Waals surface area contributed by atoms with Gasteiger partial charge in [0.1, 0.15) is 5.82 Å². The molecule has 19 heavy (non-hydrogen) atoms. The largest absolute Gasteiger partial charge is 0.480 e. The van der Waals surface area contributed by atoms with Crippen LogP contribution in [0, 0.1) is 12.7 Å². The number of halogens is 1. The first-order valence-corrected chi connectivity index (χ1v) is 6.81. The normalized spacial score (nSPS) is 11.9. The highest BCUT2D eigenvalue weighted by Gasteiger charge is 2.13. The molecule has 0 aliphatic carbocycles. The van der Waals surface area contributed by atoms with Crippen LogP contribution in [0.3, 0.4) is 0 Å². The Labute approximate surface area is 115 Å². The molecule has 0 saturated heterocycles. The van der Waals surface area contributed by atoms with Crippen molar-refractivity contribution in [3.8, 4) is 0 Å². The van der Waals surface area contributed by atoms with Crippen molar-refractivity contribution in [1.82, 2.24) is 5.32 Å². The number of aliphatic carboxylic acids is 1. The zero-order chi connectivity index (χ0) is 14.4. The summed E-state index contributed by atoms with van der Waals surface area (Å²) in [6.45, 7) is 3.43. The van der Waals surface area contributed by atoms with Gasteiger partial charge in [0.2, 0.25) is 5.91 Å². The Morgan fingerprint density at radius 2 is 2.16 bits per heavy atom. The minimum Gasteiger partial charge on any atom is -0.480 e. The summed E-state index contributed by atoms with van der Waals surface area (Å²) in [6.07, 6.45) is 0. The Balaban J connectivity index is 2.37. The summed E-state index contributed by atoms with van der Waals surface area (Å²) in [5.74, 6) is -1.44. The number of aryl methyl sites for hydroxylation is 1. The van der Waals surface area contributed by atoms with E-state index in [2.05, 4.69) is 5.32 Å². The van der Waals surface area contributed by atoms with Crippen molar-refractivity contribution in [3.63, 3.8) is 0 Å². The average molecular weight is 285 g/mol. The SMILES string of the molecule is Cc1ccc(CNC(=O)CSC(C)C(=O)O)cc1F. The highest BCUT2D eigenvalue weighted by molar-refractivity contribution is 8.01. The highest BCUT2D eigenvalue weighted by atomic mass is 32.2. The second-order valence-electron chi connectivity index (χ2n) is 4.15. The van der Waals surface area contributed by atoms with E-state index in [1.165, 1.54) is 13.0 Å². The maximum atomic E-state index is 13.3. The smallest absolute Gasteiger partial charge is 0.316 e. The highest BCUT2D eigenvalue weighted by Crippen LogP contribution is 2.11. The van der Waals surface area contributed by atoms with E-state index in [-0.39, 0.29) is 24.0 Å². The summed E-state index contributed by atoms with van der Waals surface area (Å²) >= 11 is 1.05. The van der Waals surface area contributed by atoms with E-state index >= 15 is 0 Å². The summed E-state index contributed by atoms with van der Waals surface area (Å²) in [4.78, 5) is 22.0. The van der Waals surface area contributed by atoms with Gasteiger partial charge in [-0.25, -0.2) is 4.39 Å². The van der Waals surface area contributed by atoms with Gasteiger partial charge in [0.25, 0.3) is 0 Å². The monoisotopic (exact) mass is 285 g/mol. The van der Waals surface area contributed by atoms with E-state index in [1.54, 1.807) is 19.1 Å². The Bertz CT molecular complexity index is 479. The summed E-state index contributed by atoms with van der Waals surface area (Å²) in [5, 5.41) is 10.7. The van der Waals surface area contributed by atoms with Gasteiger partial charge >= 0.3 is 5.97 Å². The molecule has 0 spiro atoms. The molecule has 6 heteroatoms. The molecular formula is C13H16FNO3S. The summed E-state index contributed by atoms with van der Waals surface area (Å²) in [5.41, 5.74) is 1.23. The van der Waals surface area contributed by atoms with Gasteiger partial charge in [0.05, 0.1) is 11.0 Å². The number of carboxylic acid groups (broad SMARTS) is 1. The zero-order valence-electron chi connectivity index (χ0n) is 10.8. The van der Waals surface area contributed by atoms with Gasteiger partial charge in [-0.3, -0.25) is 9.59 Å². The molecular weight excluding hydrogens is 269 g/mol. The van der Waals surface area contributed by atoms with E-state index in [4.69, 9.17) is 5.11 Å². The molecule has 0 radical (unpaired) electrons. The molecule has 1 rings (SSSR count). The molecule has 0 aliphatic heterocycles. The van der Waals surface area contributed by atoms with E-state index in [1.807, 2.05) is 0 Å². The molecule has 104 valence electrons. The third kappa shape index (κ3) is 5.30. The number of thioether (sulfide) groups is 1. The quantitative estimate of drug-likeness (QED) is 0.838. The van der Waals surface area contributed by atoms with Crippen LogP contribution >= 0.6 is 11.8 Å². The first kappa shape index (κ1) is 15.5. The van der Waals surface area contributed by atoms with Crippen LogP contribution in [0.25, 0.3) is 0 Å². The van der Waals surface area contributed by atoms with Crippen LogP contribution in [0.4, 0.5) is 4.39 Å². The lowest BCUT2D eigenvalue weighted by atomic mass is 10.1. The van der Waals surface area contributed by atoms with E-state index in [0.29, 0.717) is 11.1 Å². The summed E-state index contributed by atoms with van der Waals surface area (Å²) < 4.78 is 13.3. The van der Waals surface area contributed by atoms with E-state index in [9.17, 15) is 14.0 Å². The molecule has 4 nitrogen and oxygen atoms in total. The van der Waals surface area contributed by atoms with Gasteiger partial charge in [0.15, 0.2) is 0 Å². The predicted molar refractivity (Wildman–Crippen MR) is 72.5 cm³/mol. The molecule has 0 heterocycles. The van der Waals surface area contributed by atoms with Gasteiger partial charge < -0.3 is 10.4 Å². The Hall–Kier alpha value is -1.56. The van der Waals surface area contributed by atoms with Gasteiger partial charge in [-0.1, -0.05) is 12.1 Å². The van der Waals surface area contributed by atoms with Crippen LogP contribution < -0.4 is 5.32 Å². The van der Waals surface area contributed by atoms with Crippen molar-refractivity contribution >= 4 is 23.6 Å². The van der Waals surface area contributed by atoms with Gasteiger partial charge in [-0.2, -0.15) is 0 Å². The number of nitrogens with one attached hydrogen (secondary N) is 1. The van der Waals surface area contributed by atoms with Gasteiger partial charge in [0, 0.05) is 6.54 Å². The number of carbonyl (C=O) groups excluding carboxylic acids is 1. The molecule has 1 unspecified atom stereocenters. The van der Waals surface area contributed by atoms with Crippen LogP contribution in [-0.2, 0) is 16.1 Å². The third-order valence-electron chi connectivity index (χ3n) is 2.54. The third-order valence-corrected chi connectivity index (χ3v) is 3.67. The molecule has 1 aromatic carbocycles. The molecule has 0 bridgehead atoms. The molecule has 1 amide bonds. The second-order valence-corrected chi connectivity index (χ2v) is 5.48. The van der Waals surface area contributed by atoms with Crippen LogP contribution in [0.5, 0.6) is 0 Å². The minimum absolute atomic E-state index is 0.0712. The fraction of sp³-hybridized carbons (Fsp3) is 0.385. The standard InChI is InChI=1S/C13H16FNO3S/c1-8-3-4-10(5-11(8)14)6-15-12(16)7-19-9(2)13(17)18/h3-5,9H,6-7H2,1-2H3,(H,15,16)(H,17,18). The van der Waals surface area contributed by atoms with Crippen molar-refractivity contribution in [2.45, 2.75) is 25.6 Å². The Morgan fingerprint density at radius 3 is 2.74 bits per heavy atom. The minimum atomic E-state index is -0.946. The molecule has 0 aliphatic rings. The van der Waals surface area contributed by atoms with Crippen molar-refractivity contribution in [2.75, 3.05) is 5.75 Å². The number of hydrogen-bond acceptors (Lipinski definition) is 3. The van der Waals surface area contributed by atoms with Crippen molar-refractivity contribution in [3.05, 3.63) is 35.1 Å². The maximum absolute atomic E-state index is 13.3. The number of rotatable bonds is 6. The molecule has 1 atom stereocenters. The van der Waals surface area contributed by atoms with Crippen molar-refractivity contribution in [1.29, 1.82) is 0 Å². The lowest BCUT2D eigenvalue weighted by molar-refractivity contribution is -0.136. The van der Waals surface area contributed by atoms with Crippen molar-refractivity contribution < 1.29 is 19.1 Å². The molecule has 0 fully saturated rings. The van der Waals surface area contributed by atoms with Crippen molar-refractivity contribution in [2.24, 2.45) is 0 Å². The van der Waals surface area contributed by atoms with Gasteiger partial charge in [-0.15, -0.1) is 11.8 Å². The lowest BCUT2D eigenvalue weighted by Crippen LogP contribution is -2.26. The number of carbonyl (C=O) groups is 2. The van der Waals surface area contributed by atoms with E-state index < -0.39 is 11.2 Å². The maximum Gasteiger partial charge on any atom is 0.316 e. The predicted octanol–water partition coefficient (Wildman–Crippen LogP) is 1.96. The number of carboxylic acids is 1. The number of amides is 1. The summed E-state index contributed by atoms with van der Waals surface area (Å²) in [7, 11) is 0. The molecule has 0 aromatic heterocycles. The topological polar surface area (TPSA) is 66.4 Å². The first-order chi connectivity index (χ1) is 8.90. The Morgan fingerprint density at radius 1 is 1.47 bits per heavy atom. The molecule has 0 saturated carbocycles. The molecule has 2 N–H and O–H groups in total. The zero-order valence-corrected chi connectivity index (χ0v) is 11.6. The Kier molecular flexibility index (Phi) is 5.82. The number of benzene rings is 1. The van der Waals surface area contributed by atoms with Crippen LogP contribution in [-0.4, -0.2) is 28.0 Å². The summed E-state index contributed by atoms with van der Waals surface area (Å²) in [6, 6.07) is 4.77. The fourth-order valence-electron chi connectivity index (χ4n) is 1.27. The second kappa shape index (κ2) is 7.13. The van der Waals surface area contributed by atoms with Crippen LogP contribution in [0.15, 0.2) is 18.2 Å². The van der Waals surface area contributed by atoms with Crippen LogP contribution in [0.2, 0.25) is 0 Å². The lowest BCUT2D eigenvalue weighted by Gasteiger charge is -2.08.